The first-order valence-corrected chi connectivity index (χ1v) is 9.85. The number of hydrogen-bond acceptors (Lipinski definition) is 4. The summed E-state index contributed by atoms with van der Waals surface area (Å²) in [6.45, 7) is 2.76. The average Bonchev–Trinajstić information content (AvgIpc) is 3.23. The summed E-state index contributed by atoms with van der Waals surface area (Å²) in [4.78, 5) is 22.2. The standard InChI is InChI=1S/C21H20BrN3O2/c1-13(20-6-4-10-27-20)24-21(26)16-12-19(18-5-2-3-9-23-18)25-17-8-7-14(22)11-15(16)17/h2-3,5,7-9,11-13,20H,4,6,10H2,1H3,(H,24,26)/t13-,20+/m0/s1. The van der Waals surface area contributed by atoms with Crippen LogP contribution in [-0.2, 0) is 4.74 Å². The van der Waals surface area contributed by atoms with Crippen LogP contribution in [0, 0.1) is 0 Å². The van der Waals surface area contributed by atoms with Crippen molar-refractivity contribution in [1.82, 2.24) is 15.3 Å². The molecular weight excluding hydrogens is 406 g/mol. The third-order valence-electron chi connectivity index (χ3n) is 4.82. The first kappa shape index (κ1) is 18.1. The number of hydrogen-bond donors (Lipinski definition) is 1. The van der Waals surface area contributed by atoms with Gasteiger partial charge in [0.25, 0.3) is 5.91 Å². The molecule has 1 N–H and O–H groups in total. The van der Waals surface area contributed by atoms with E-state index in [9.17, 15) is 4.79 Å². The fourth-order valence-electron chi connectivity index (χ4n) is 3.41. The van der Waals surface area contributed by atoms with E-state index in [2.05, 4.69) is 26.2 Å². The highest BCUT2D eigenvalue weighted by atomic mass is 79.9. The zero-order valence-corrected chi connectivity index (χ0v) is 16.6. The van der Waals surface area contributed by atoms with Crippen molar-refractivity contribution in [3.63, 3.8) is 0 Å². The highest BCUT2D eigenvalue weighted by Crippen LogP contribution is 2.27. The van der Waals surface area contributed by atoms with Crippen molar-refractivity contribution in [3.05, 3.63) is 58.7 Å². The molecule has 2 aromatic heterocycles. The molecule has 27 heavy (non-hydrogen) atoms. The molecule has 3 aromatic rings. The van der Waals surface area contributed by atoms with Gasteiger partial charge >= 0.3 is 0 Å². The number of aromatic nitrogens is 2. The molecule has 6 heteroatoms. The maximum Gasteiger partial charge on any atom is 0.252 e. The van der Waals surface area contributed by atoms with E-state index in [0.29, 0.717) is 11.3 Å². The van der Waals surface area contributed by atoms with Crippen LogP contribution in [0.5, 0.6) is 0 Å². The maximum atomic E-state index is 13.1. The van der Waals surface area contributed by atoms with E-state index in [4.69, 9.17) is 9.72 Å². The minimum atomic E-state index is -0.124. The van der Waals surface area contributed by atoms with Crippen molar-refractivity contribution in [2.24, 2.45) is 0 Å². The van der Waals surface area contributed by atoms with Gasteiger partial charge in [-0.3, -0.25) is 9.78 Å². The predicted molar refractivity (Wildman–Crippen MR) is 109 cm³/mol. The van der Waals surface area contributed by atoms with Crippen LogP contribution in [0.4, 0.5) is 0 Å². The Morgan fingerprint density at radius 3 is 2.89 bits per heavy atom. The Morgan fingerprint density at radius 2 is 2.15 bits per heavy atom. The number of pyridine rings is 2. The van der Waals surface area contributed by atoms with Gasteiger partial charge in [0.15, 0.2) is 0 Å². The second-order valence-electron chi connectivity index (χ2n) is 6.75. The van der Waals surface area contributed by atoms with Gasteiger partial charge in [0, 0.05) is 22.7 Å². The Balaban J connectivity index is 1.75. The van der Waals surface area contributed by atoms with Crippen molar-refractivity contribution < 1.29 is 9.53 Å². The molecule has 1 aliphatic rings. The summed E-state index contributed by atoms with van der Waals surface area (Å²) in [6, 6.07) is 13.2. The third kappa shape index (κ3) is 3.87. The van der Waals surface area contributed by atoms with Gasteiger partial charge in [-0.15, -0.1) is 0 Å². The molecule has 0 bridgehead atoms. The van der Waals surface area contributed by atoms with Crippen LogP contribution in [0.1, 0.15) is 30.1 Å². The molecule has 1 amide bonds. The van der Waals surface area contributed by atoms with Crippen molar-refractivity contribution in [2.45, 2.75) is 31.9 Å². The number of carbonyl (C=O) groups is 1. The lowest BCUT2D eigenvalue weighted by molar-refractivity contribution is 0.0713. The number of nitrogens with zero attached hydrogens (tertiary/aromatic N) is 2. The summed E-state index contributed by atoms with van der Waals surface area (Å²) in [6.07, 6.45) is 3.81. The van der Waals surface area contributed by atoms with Crippen LogP contribution >= 0.6 is 15.9 Å². The van der Waals surface area contributed by atoms with Crippen molar-refractivity contribution >= 4 is 32.7 Å². The quantitative estimate of drug-likeness (QED) is 0.674. The largest absolute Gasteiger partial charge is 0.376 e. The smallest absolute Gasteiger partial charge is 0.252 e. The molecule has 1 aromatic carbocycles. The van der Waals surface area contributed by atoms with Gasteiger partial charge in [0.2, 0.25) is 0 Å². The van der Waals surface area contributed by atoms with E-state index < -0.39 is 0 Å². The van der Waals surface area contributed by atoms with E-state index in [1.807, 2.05) is 49.4 Å². The second kappa shape index (κ2) is 7.74. The number of halogens is 1. The molecule has 0 unspecified atom stereocenters. The zero-order chi connectivity index (χ0) is 18.8. The molecule has 0 spiro atoms. The number of ether oxygens (including phenoxy) is 1. The van der Waals surface area contributed by atoms with Crippen LogP contribution in [0.2, 0.25) is 0 Å². The normalized spacial score (nSPS) is 17.8. The van der Waals surface area contributed by atoms with Crippen LogP contribution in [-0.4, -0.2) is 34.6 Å². The van der Waals surface area contributed by atoms with E-state index >= 15 is 0 Å². The van der Waals surface area contributed by atoms with Crippen LogP contribution < -0.4 is 5.32 Å². The zero-order valence-electron chi connectivity index (χ0n) is 15.0. The Labute approximate surface area is 166 Å². The van der Waals surface area contributed by atoms with E-state index in [0.717, 1.165) is 40.5 Å². The van der Waals surface area contributed by atoms with Crippen LogP contribution in [0.25, 0.3) is 22.3 Å². The van der Waals surface area contributed by atoms with Gasteiger partial charge in [-0.2, -0.15) is 0 Å². The van der Waals surface area contributed by atoms with E-state index in [1.165, 1.54) is 0 Å². The third-order valence-corrected chi connectivity index (χ3v) is 5.32. The van der Waals surface area contributed by atoms with Crippen LogP contribution in [0.3, 0.4) is 0 Å². The summed E-state index contributed by atoms with van der Waals surface area (Å²) in [7, 11) is 0. The van der Waals surface area contributed by atoms with E-state index in [1.54, 1.807) is 6.20 Å². The van der Waals surface area contributed by atoms with Gasteiger partial charge in [-0.05, 0) is 56.2 Å². The first-order valence-electron chi connectivity index (χ1n) is 9.06. The Morgan fingerprint density at radius 1 is 1.26 bits per heavy atom. The molecule has 3 heterocycles. The monoisotopic (exact) mass is 425 g/mol. The van der Waals surface area contributed by atoms with Gasteiger partial charge < -0.3 is 10.1 Å². The number of fused-ring (bicyclic) bond motifs is 1. The number of rotatable bonds is 4. The topological polar surface area (TPSA) is 64.1 Å². The lowest BCUT2D eigenvalue weighted by Crippen LogP contribution is -2.40. The average molecular weight is 426 g/mol. The van der Waals surface area contributed by atoms with Crippen molar-refractivity contribution in [2.75, 3.05) is 6.61 Å². The number of benzene rings is 1. The number of carbonyl (C=O) groups excluding carboxylic acids is 1. The van der Waals surface area contributed by atoms with Crippen molar-refractivity contribution in [1.29, 1.82) is 0 Å². The molecule has 4 rings (SSSR count). The summed E-state index contributed by atoms with van der Waals surface area (Å²) in [5.74, 6) is -0.124. The van der Waals surface area contributed by atoms with Crippen LogP contribution in [0.15, 0.2) is 53.1 Å². The van der Waals surface area contributed by atoms with Crippen molar-refractivity contribution in [3.8, 4) is 11.4 Å². The molecular formula is C21H20BrN3O2. The minimum Gasteiger partial charge on any atom is -0.376 e. The summed E-state index contributed by atoms with van der Waals surface area (Å²) >= 11 is 3.49. The van der Waals surface area contributed by atoms with Gasteiger partial charge in [0.05, 0.1) is 34.6 Å². The fraction of sp³-hybridized carbons (Fsp3) is 0.286. The molecule has 2 atom stereocenters. The Hall–Kier alpha value is -2.31. The molecule has 138 valence electrons. The Bertz CT molecular complexity index is 972. The van der Waals surface area contributed by atoms with E-state index in [-0.39, 0.29) is 18.1 Å². The summed E-state index contributed by atoms with van der Waals surface area (Å²) in [5, 5.41) is 3.91. The lowest BCUT2D eigenvalue weighted by atomic mass is 10.0. The molecule has 1 fully saturated rings. The lowest BCUT2D eigenvalue weighted by Gasteiger charge is -2.20. The molecule has 1 aliphatic heterocycles. The molecule has 0 aliphatic carbocycles. The van der Waals surface area contributed by atoms with Gasteiger partial charge in [-0.25, -0.2) is 4.98 Å². The summed E-state index contributed by atoms with van der Waals surface area (Å²) < 4.78 is 6.61. The predicted octanol–water partition coefficient (Wildman–Crippen LogP) is 4.36. The highest BCUT2D eigenvalue weighted by Gasteiger charge is 2.25. The Kier molecular flexibility index (Phi) is 5.18. The first-order chi connectivity index (χ1) is 13.1. The fourth-order valence-corrected chi connectivity index (χ4v) is 3.77. The summed E-state index contributed by atoms with van der Waals surface area (Å²) in [5.41, 5.74) is 2.77. The van der Waals surface area contributed by atoms with Gasteiger partial charge in [0.1, 0.15) is 0 Å². The minimum absolute atomic E-state index is 0.0475. The SMILES string of the molecule is C[C@H](NC(=O)c1cc(-c2ccccn2)nc2ccc(Br)cc12)[C@H]1CCCO1. The number of nitrogens with one attached hydrogen (secondary N) is 1. The highest BCUT2D eigenvalue weighted by molar-refractivity contribution is 9.10. The number of amides is 1. The molecule has 5 nitrogen and oxygen atoms in total. The molecule has 1 saturated heterocycles. The van der Waals surface area contributed by atoms with Gasteiger partial charge in [-0.1, -0.05) is 22.0 Å². The maximum absolute atomic E-state index is 13.1. The molecule has 0 radical (unpaired) electrons. The second-order valence-corrected chi connectivity index (χ2v) is 7.66. The molecule has 0 saturated carbocycles.